The minimum absolute atomic E-state index is 0.622. The first-order valence-corrected chi connectivity index (χ1v) is 5.96. The number of nitrogens with zero attached hydrogens (tertiary/aromatic N) is 1. The molecule has 0 bridgehead atoms. The summed E-state index contributed by atoms with van der Waals surface area (Å²) in [5.41, 5.74) is 1.48. The zero-order chi connectivity index (χ0) is 13.9. The van der Waals surface area contributed by atoms with Crippen LogP contribution in [0.2, 0.25) is 0 Å². The van der Waals surface area contributed by atoms with E-state index >= 15 is 0 Å². The first-order valence-electron chi connectivity index (χ1n) is 5.96. The predicted molar refractivity (Wildman–Crippen MR) is 74.1 cm³/mol. The molecule has 0 radical (unpaired) electrons. The van der Waals surface area contributed by atoms with Crippen LogP contribution in [0.15, 0.2) is 54.6 Å². The van der Waals surface area contributed by atoms with Crippen molar-refractivity contribution in [3.8, 4) is 0 Å². The molecule has 0 aromatic heterocycles. The first-order chi connectivity index (χ1) is 9.13. The quantitative estimate of drug-likeness (QED) is 0.273. The average Bonchev–Trinajstić information content (AvgIpc) is 2.77. The highest BCUT2D eigenvalue weighted by Gasteiger charge is 2.48. The lowest BCUT2D eigenvalue weighted by Gasteiger charge is -2.30. The Morgan fingerprint density at radius 3 is 2.47 bits per heavy atom. The van der Waals surface area contributed by atoms with E-state index in [1.165, 1.54) is 20.4 Å². The SMILES string of the molecule is C=C1C=CC(OC)(OC)[C@H]1/[N+]([O-])=C/c1ccccc1. The van der Waals surface area contributed by atoms with Gasteiger partial charge in [0.2, 0.25) is 6.04 Å². The first kappa shape index (κ1) is 13.5. The van der Waals surface area contributed by atoms with Gasteiger partial charge in [-0.15, -0.1) is 0 Å². The van der Waals surface area contributed by atoms with Crippen LogP contribution in [0, 0.1) is 5.21 Å². The molecule has 0 amide bonds. The van der Waals surface area contributed by atoms with E-state index in [0.717, 1.165) is 10.3 Å². The van der Waals surface area contributed by atoms with Gasteiger partial charge in [0.15, 0.2) is 6.21 Å². The third-order valence-corrected chi connectivity index (χ3v) is 3.23. The highest BCUT2D eigenvalue weighted by atomic mass is 16.7. The topological polar surface area (TPSA) is 44.5 Å². The Balaban J connectivity index is 2.34. The van der Waals surface area contributed by atoms with Crippen LogP contribution in [0.1, 0.15) is 5.56 Å². The number of hydrogen-bond donors (Lipinski definition) is 0. The van der Waals surface area contributed by atoms with E-state index < -0.39 is 11.8 Å². The maximum Gasteiger partial charge on any atom is 0.257 e. The van der Waals surface area contributed by atoms with Crippen molar-refractivity contribution in [2.45, 2.75) is 11.8 Å². The molecule has 0 spiro atoms. The van der Waals surface area contributed by atoms with Gasteiger partial charge >= 0.3 is 0 Å². The molecule has 4 heteroatoms. The molecule has 0 saturated heterocycles. The molecule has 1 aromatic carbocycles. The van der Waals surface area contributed by atoms with Crippen LogP contribution in [-0.2, 0) is 9.47 Å². The summed E-state index contributed by atoms with van der Waals surface area (Å²) in [7, 11) is 3.02. The number of methoxy groups -OCH3 is 2. The van der Waals surface area contributed by atoms with Crippen molar-refractivity contribution in [3.05, 3.63) is 65.4 Å². The molecule has 0 aliphatic heterocycles. The normalized spacial score (nSPS) is 21.9. The van der Waals surface area contributed by atoms with E-state index in [2.05, 4.69) is 6.58 Å². The number of rotatable bonds is 4. The van der Waals surface area contributed by atoms with Gasteiger partial charge in [0.1, 0.15) is 0 Å². The zero-order valence-corrected chi connectivity index (χ0v) is 11.1. The van der Waals surface area contributed by atoms with Gasteiger partial charge in [-0.25, -0.2) is 0 Å². The maximum absolute atomic E-state index is 12.4. The predicted octanol–water partition coefficient (Wildman–Crippen LogP) is 2.10. The van der Waals surface area contributed by atoms with E-state index in [9.17, 15) is 5.21 Å². The molecule has 2 rings (SSSR count). The average molecular weight is 259 g/mol. The summed E-state index contributed by atoms with van der Waals surface area (Å²) >= 11 is 0. The lowest BCUT2D eigenvalue weighted by atomic mass is 10.1. The molecule has 1 aliphatic rings. The van der Waals surface area contributed by atoms with Crippen LogP contribution in [0.25, 0.3) is 0 Å². The molecular formula is C15H17NO3. The van der Waals surface area contributed by atoms with E-state index in [1.807, 2.05) is 30.3 Å². The highest BCUT2D eigenvalue weighted by molar-refractivity contribution is 5.75. The molecule has 1 aliphatic carbocycles. The number of hydroxylamine groups is 1. The highest BCUT2D eigenvalue weighted by Crippen LogP contribution is 2.32. The Bertz CT molecular complexity index is 515. The molecule has 1 atom stereocenters. The summed E-state index contributed by atoms with van der Waals surface area (Å²) < 4.78 is 11.5. The summed E-state index contributed by atoms with van der Waals surface area (Å²) in [4.78, 5) is 0. The van der Waals surface area contributed by atoms with E-state index in [1.54, 1.807) is 12.2 Å². The summed E-state index contributed by atoms with van der Waals surface area (Å²) in [5.74, 6) is -1.08. The maximum atomic E-state index is 12.4. The van der Waals surface area contributed by atoms with Crippen molar-refractivity contribution in [1.82, 2.24) is 0 Å². The second-order valence-electron chi connectivity index (χ2n) is 4.34. The van der Waals surface area contributed by atoms with Gasteiger partial charge in [-0.2, -0.15) is 4.74 Å². The number of ether oxygens (including phenoxy) is 2. The minimum Gasteiger partial charge on any atom is -0.623 e. The van der Waals surface area contributed by atoms with Crippen LogP contribution in [-0.4, -0.2) is 37.0 Å². The van der Waals surface area contributed by atoms with Crippen LogP contribution >= 0.6 is 0 Å². The molecule has 100 valence electrons. The third kappa shape index (κ3) is 2.45. The van der Waals surface area contributed by atoms with Gasteiger partial charge in [-0.05, 0) is 18.2 Å². The Hall–Kier alpha value is -1.91. The monoisotopic (exact) mass is 259 g/mol. The van der Waals surface area contributed by atoms with Gasteiger partial charge in [0.25, 0.3) is 5.79 Å². The van der Waals surface area contributed by atoms with Crippen molar-refractivity contribution in [1.29, 1.82) is 0 Å². The van der Waals surface area contributed by atoms with Gasteiger partial charge in [-0.1, -0.05) is 30.9 Å². The zero-order valence-electron chi connectivity index (χ0n) is 11.1. The lowest BCUT2D eigenvalue weighted by molar-refractivity contribution is -0.523. The fourth-order valence-corrected chi connectivity index (χ4v) is 2.21. The second-order valence-corrected chi connectivity index (χ2v) is 4.34. The molecule has 0 saturated carbocycles. The Morgan fingerprint density at radius 1 is 1.26 bits per heavy atom. The van der Waals surface area contributed by atoms with E-state index in [-0.39, 0.29) is 0 Å². The lowest BCUT2D eigenvalue weighted by Crippen LogP contribution is -2.47. The number of hydrogen-bond acceptors (Lipinski definition) is 3. The van der Waals surface area contributed by atoms with Crippen molar-refractivity contribution < 1.29 is 14.2 Å². The Morgan fingerprint density at radius 2 is 1.89 bits per heavy atom. The van der Waals surface area contributed by atoms with Crippen molar-refractivity contribution in [2.75, 3.05) is 14.2 Å². The van der Waals surface area contributed by atoms with Gasteiger partial charge in [-0.3, -0.25) is 0 Å². The molecule has 0 unspecified atom stereocenters. The Labute approximate surface area is 112 Å². The Kier molecular flexibility index (Phi) is 3.83. The van der Waals surface area contributed by atoms with E-state index in [4.69, 9.17) is 9.47 Å². The largest absolute Gasteiger partial charge is 0.623 e. The molecule has 19 heavy (non-hydrogen) atoms. The van der Waals surface area contributed by atoms with E-state index in [0.29, 0.717) is 5.57 Å². The summed E-state index contributed by atoms with van der Waals surface area (Å²) in [6, 6.07) is 8.75. The second kappa shape index (κ2) is 5.38. The van der Waals surface area contributed by atoms with Crippen LogP contribution in [0.5, 0.6) is 0 Å². The molecule has 0 N–H and O–H groups in total. The molecule has 4 nitrogen and oxygen atoms in total. The standard InChI is InChI=1S/C15H17NO3/c1-12-9-10-15(18-2,19-3)14(12)16(17)11-13-7-5-4-6-8-13/h4-11,14H,1H2,2-3H3/b16-11-/t14-/m0/s1. The third-order valence-electron chi connectivity index (χ3n) is 3.23. The van der Waals surface area contributed by atoms with Crippen molar-refractivity contribution >= 4 is 6.21 Å². The van der Waals surface area contributed by atoms with Gasteiger partial charge < -0.3 is 14.7 Å². The fourth-order valence-electron chi connectivity index (χ4n) is 2.21. The fraction of sp³-hybridized carbons (Fsp3) is 0.267. The van der Waals surface area contributed by atoms with Gasteiger partial charge in [0, 0.05) is 25.4 Å². The van der Waals surface area contributed by atoms with Crippen molar-refractivity contribution in [3.63, 3.8) is 0 Å². The van der Waals surface area contributed by atoms with Crippen molar-refractivity contribution in [2.24, 2.45) is 0 Å². The molecule has 0 heterocycles. The molecular weight excluding hydrogens is 242 g/mol. The van der Waals surface area contributed by atoms with Crippen LogP contribution < -0.4 is 0 Å². The minimum atomic E-state index is -1.08. The van der Waals surface area contributed by atoms with Crippen LogP contribution in [0.3, 0.4) is 0 Å². The smallest absolute Gasteiger partial charge is 0.257 e. The molecule has 0 fully saturated rings. The number of benzene rings is 1. The molecule has 1 aromatic rings. The van der Waals surface area contributed by atoms with Gasteiger partial charge in [0.05, 0.1) is 0 Å². The summed E-state index contributed by atoms with van der Waals surface area (Å²) in [6.45, 7) is 3.88. The summed E-state index contributed by atoms with van der Waals surface area (Å²) in [6.07, 6.45) is 4.97. The summed E-state index contributed by atoms with van der Waals surface area (Å²) in [5, 5.41) is 12.4. The van der Waals surface area contributed by atoms with Crippen LogP contribution in [0.4, 0.5) is 0 Å².